The summed E-state index contributed by atoms with van der Waals surface area (Å²) in [6.07, 6.45) is 3.53. The molecule has 6 heteroatoms. The minimum atomic E-state index is -3.79. The smallest absolute Gasteiger partial charge is 0.376 e. The lowest BCUT2D eigenvalue weighted by atomic mass is 9.72. The van der Waals surface area contributed by atoms with Crippen LogP contribution < -0.4 is 5.48 Å². The average molecular weight is 279 g/mol. The molecule has 0 aromatic carbocycles. The molecule has 1 saturated carbocycles. The molecule has 1 fully saturated rings. The zero-order valence-corrected chi connectivity index (χ0v) is 11.7. The monoisotopic (exact) mass is 279 g/mol. The van der Waals surface area contributed by atoms with E-state index in [9.17, 15) is 13.6 Å². The summed E-state index contributed by atoms with van der Waals surface area (Å²) in [5.74, 6) is -5.31. The second-order valence-corrected chi connectivity index (χ2v) is 6.29. The Bertz CT molecular complexity index is 308. The molecule has 0 aliphatic heterocycles. The Labute approximate surface area is 112 Å². The van der Waals surface area contributed by atoms with E-state index in [1.54, 1.807) is 0 Å². The fraction of sp³-hybridized carbons (Fsp3) is 0.923. The minimum Gasteiger partial charge on any atom is -0.477 e. The number of aliphatic carboxylic acids is 1. The Kier molecular flexibility index (Phi) is 5.26. The number of hydrogen-bond acceptors (Lipinski definition) is 3. The van der Waals surface area contributed by atoms with Crippen molar-refractivity contribution in [1.29, 1.82) is 0 Å². The molecule has 19 heavy (non-hydrogen) atoms. The summed E-state index contributed by atoms with van der Waals surface area (Å²) in [5.41, 5.74) is 2.36. The van der Waals surface area contributed by atoms with Gasteiger partial charge in [0.25, 0.3) is 0 Å². The van der Waals surface area contributed by atoms with Crippen molar-refractivity contribution < 1.29 is 23.5 Å². The molecule has 0 atom stereocenters. The predicted octanol–water partition coefficient (Wildman–Crippen LogP) is 2.83. The van der Waals surface area contributed by atoms with Crippen molar-refractivity contribution >= 4 is 5.97 Å². The molecule has 0 saturated heterocycles. The van der Waals surface area contributed by atoms with E-state index in [4.69, 9.17) is 9.94 Å². The molecule has 0 spiro atoms. The fourth-order valence-corrected chi connectivity index (χ4v) is 2.37. The maximum absolute atomic E-state index is 12.8. The topological polar surface area (TPSA) is 58.6 Å². The van der Waals surface area contributed by atoms with Crippen LogP contribution in [0.15, 0.2) is 0 Å². The Morgan fingerprint density at radius 3 is 2.21 bits per heavy atom. The Hall–Kier alpha value is -0.750. The van der Waals surface area contributed by atoms with Gasteiger partial charge < -0.3 is 5.11 Å². The minimum absolute atomic E-state index is 0.108. The standard InChI is InChI=1S/C13H23F2NO3/c1-12(2,3)9-4-6-10(7-5-9)19-16-8-13(14,15)11(17)18/h9-10,16H,4-8H2,1-3H3,(H,17,18). The van der Waals surface area contributed by atoms with Crippen molar-refractivity contribution in [1.82, 2.24) is 5.48 Å². The Morgan fingerprint density at radius 2 is 1.79 bits per heavy atom. The number of hydrogen-bond donors (Lipinski definition) is 2. The first kappa shape index (κ1) is 16.3. The number of carbonyl (C=O) groups is 1. The number of carboxylic acid groups (broad SMARTS) is 1. The molecule has 0 unspecified atom stereocenters. The van der Waals surface area contributed by atoms with Crippen LogP contribution in [0.1, 0.15) is 46.5 Å². The van der Waals surface area contributed by atoms with E-state index >= 15 is 0 Å². The van der Waals surface area contributed by atoms with Crippen LogP contribution in [-0.2, 0) is 9.63 Å². The lowest BCUT2D eigenvalue weighted by Crippen LogP contribution is -2.42. The molecular weight excluding hydrogens is 256 g/mol. The summed E-state index contributed by atoms with van der Waals surface area (Å²) in [4.78, 5) is 15.3. The molecule has 0 aromatic heterocycles. The van der Waals surface area contributed by atoms with E-state index in [1.807, 2.05) is 0 Å². The molecule has 112 valence electrons. The van der Waals surface area contributed by atoms with E-state index in [0.29, 0.717) is 5.92 Å². The molecule has 0 bridgehead atoms. The average Bonchev–Trinajstić information content (AvgIpc) is 2.28. The SMILES string of the molecule is CC(C)(C)C1CCC(ONCC(F)(F)C(=O)O)CC1. The third-order valence-corrected chi connectivity index (χ3v) is 3.76. The maximum Gasteiger partial charge on any atom is 0.376 e. The van der Waals surface area contributed by atoms with Crippen LogP contribution in [0.2, 0.25) is 0 Å². The van der Waals surface area contributed by atoms with Crippen molar-refractivity contribution in [2.45, 2.75) is 58.5 Å². The van der Waals surface area contributed by atoms with Crippen LogP contribution in [-0.4, -0.2) is 29.6 Å². The van der Waals surface area contributed by atoms with Gasteiger partial charge in [-0.1, -0.05) is 20.8 Å². The molecule has 1 aliphatic carbocycles. The van der Waals surface area contributed by atoms with Gasteiger partial charge in [0.15, 0.2) is 0 Å². The molecule has 0 aromatic rings. The van der Waals surface area contributed by atoms with Gasteiger partial charge in [0.2, 0.25) is 0 Å². The van der Waals surface area contributed by atoms with Crippen molar-refractivity contribution in [3.8, 4) is 0 Å². The maximum atomic E-state index is 12.8. The molecule has 0 amide bonds. The Balaban J connectivity index is 2.26. The van der Waals surface area contributed by atoms with E-state index in [0.717, 1.165) is 25.7 Å². The van der Waals surface area contributed by atoms with Crippen LogP contribution >= 0.6 is 0 Å². The zero-order chi connectivity index (χ0) is 14.7. The lowest BCUT2D eigenvalue weighted by Gasteiger charge is -2.36. The first-order chi connectivity index (χ1) is 8.63. The summed E-state index contributed by atoms with van der Waals surface area (Å²) in [6, 6.07) is 0. The molecule has 1 rings (SSSR count). The van der Waals surface area contributed by atoms with Crippen LogP contribution in [0, 0.1) is 11.3 Å². The van der Waals surface area contributed by atoms with Crippen LogP contribution in [0.25, 0.3) is 0 Å². The van der Waals surface area contributed by atoms with Gasteiger partial charge in [0, 0.05) is 0 Å². The van der Waals surface area contributed by atoms with E-state index in [1.165, 1.54) is 0 Å². The van der Waals surface area contributed by atoms with Gasteiger partial charge in [-0.2, -0.15) is 14.3 Å². The van der Waals surface area contributed by atoms with Gasteiger partial charge in [-0.15, -0.1) is 0 Å². The number of hydroxylamine groups is 1. The normalized spacial score (nSPS) is 25.3. The summed E-state index contributed by atoms with van der Waals surface area (Å²) in [5, 5.41) is 8.26. The highest BCUT2D eigenvalue weighted by Crippen LogP contribution is 2.38. The Morgan fingerprint density at radius 1 is 1.26 bits per heavy atom. The number of halogens is 2. The van der Waals surface area contributed by atoms with Gasteiger partial charge in [-0.25, -0.2) is 4.79 Å². The highest BCUT2D eigenvalue weighted by Gasteiger charge is 2.39. The lowest BCUT2D eigenvalue weighted by molar-refractivity contribution is -0.170. The van der Waals surface area contributed by atoms with E-state index in [2.05, 4.69) is 26.3 Å². The van der Waals surface area contributed by atoms with Crippen LogP contribution in [0.5, 0.6) is 0 Å². The quantitative estimate of drug-likeness (QED) is 0.760. The van der Waals surface area contributed by atoms with E-state index < -0.39 is 18.4 Å². The highest BCUT2D eigenvalue weighted by atomic mass is 19.3. The van der Waals surface area contributed by atoms with E-state index in [-0.39, 0.29) is 11.5 Å². The van der Waals surface area contributed by atoms with Crippen molar-refractivity contribution in [2.24, 2.45) is 11.3 Å². The van der Waals surface area contributed by atoms with Gasteiger partial charge >= 0.3 is 11.9 Å². The van der Waals surface area contributed by atoms with Crippen LogP contribution in [0.4, 0.5) is 8.78 Å². The van der Waals surface area contributed by atoms with Crippen molar-refractivity contribution in [3.63, 3.8) is 0 Å². The number of rotatable bonds is 5. The molecular formula is C13H23F2NO3. The number of carboxylic acids is 1. The first-order valence-electron chi connectivity index (χ1n) is 6.62. The summed E-state index contributed by atoms with van der Waals surface area (Å²) in [6.45, 7) is 5.60. The van der Waals surface area contributed by atoms with Gasteiger partial charge in [0.05, 0.1) is 12.6 Å². The largest absolute Gasteiger partial charge is 0.477 e. The number of nitrogens with one attached hydrogen (secondary N) is 1. The van der Waals surface area contributed by atoms with Crippen molar-refractivity contribution in [2.75, 3.05) is 6.54 Å². The first-order valence-corrected chi connectivity index (χ1v) is 6.62. The van der Waals surface area contributed by atoms with Crippen molar-refractivity contribution in [3.05, 3.63) is 0 Å². The summed E-state index contributed by atoms with van der Waals surface area (Å²) >= 11 is 0. The van der Waals surface area contributed by atoms with Gasteiger partial charge in [-0.3, -0.25) is 4.84 Å². The zero-order valence-electron chi connectivity index (χ0n) is 11.7. The summed E-state index contributed by atoms with van der Waals surface area (Å²) in [7, 11) is 0. The fourth-order valence-electron chi connectivity index (χ4n) is 2.37. The molecule has 4 nitrogen and oxygen atoms in total. The van der Waals surface area contributed by atoms with Gasteiger partial charge in [-0.05, 0) is 37.0 Å². The second-order valence-electron chi connectivity index (χ2n) is 6.29. The second kappa shape index (κ2) is 6.13. The molecule has 2 N–H and O–H groups in total. The third kappa shape index (κ3) is 5.03. The predicted molar refractivity (Wildman–Crippen MR) is 66.9 cm³/mol. The highest BCUT2D eigenvalue weighted by molar-refractivity contribution is 5.75. The molecule has 0 heterocycles. The van der Waals surface area contributed by atoms with Crippen LogP contribution in [0.3, 0.4) is 0 Å². The third-order valence-electron chi connectivity index (χ3n) is 3.76. The molecule has 0 radical (unpaired) electrons. The number of alkyl halides is 2. The van der Waals surface area contributed by atoms with Gasteiger partial charge in [0.1, 0.15) is 0 Å². The summed E-state index contributed by atoms with van der Waals surface area (Å²) < 4.78 is 25.6. The molecule has 1 aliphatic rings.